The molecule has 0 saturated carbocycles. The van der Waals surface area contributed by atoms with Gasteiger partial charge >= 0.3 is 0 Å². The Kier molecular flexibility index (Phi) is 6.67. The lowest BCUT2D eigenvalue weighted by molar-refractivity contribution is 0.0695. The van der Waals surface area contributed by atoms with Crippen molar-refractivity contribution in [2.75, 3.05) is 13.1 Å². The van der Waals surface area contributed by atoms with Crippen molar-refractivity contribution in [2.45, 2.75) is 25.3 Å². The fourth-order valence-electron chi connectivity index (χ4n) is 4.13. The summed E-state index contributed by atoms with van der Waals surface area (Å²) >= 11 is 1.40. The molecule has 178 valence electrons. The number of nitrogens with one attached hydrogen (secondary N) is 1. The summed E-state index contributed by atoms with van der Waals surface area (Å²) in [6.07, 6.45) is 1.65. The van der Waals surface area contributed by atoms with E-state index in [4.69, 9.17) is 4.52 Å². The third kappa shape index (κ3) is 5.30. The van der Waals surface area contributed by atoms with Crippen LogP contribution in [-0.4, -0.2) is 39.9 Å². The highest BCUT2D eigenvalue weighted by atomic mass is 32.1. The zero-order valence-corrected chi connectivity index (χ0v) is 19.6. The molecule has 3 heterocycles. The van der Waals surface area contributed by atoms with Crippen molar-refractivity contribution >= 4 is 23.2 Å². The number of carbonyl (C=O) groups is 2. The molecule has 5 rings (SSSR count). The fourth-order valence-corrected chi connectivity index (χ4v) is 4.77. The standard InChI is InChI=1S/C26H23FN4O3S/c27-21-6-1-4-19(14-21)23-29-25(34-30-23)20-5-2-12-31(16-20)26(33)18-10-8-17(9-11-18)15-28-24(32)22-7-3-13-35-22/h1,3-4,6-11,13-14,20H,2,5,12,15-16H2,(H,28,32). The maximum absolute atomic E-state index is 13.5. The maximum atomic E-state index is 13.5. The van der Waals surface area contributed by atoms with Gasteiger partial charge in [0.2, 0.25) is 11.7 Å². The van der Waals surface area contributed by atoms with E-state index in [1.165, 1.54) is 23.5 Å². The average molecular weight is 491 g/mol. The molecule has 1 atom stereocenters. The molecule has 2 amide bonds. The van der Waals surface area contributed by atoms with Crippen molar-refractivity contribution in [3.8, 4) is 11.4 Å². The van der Waals surface area contributed by atoms with Crippen LogP contribution in [0.4, 0.5) is 4.39 Å². The fraction of sp³-hybridized carbons (Fsp3) is 0.231. The summed E-state index contributed by atoms with van der Waals surface area (Å²) in [4.78, 5) is 32.2. The first-order valence-electron chi connectivity index (χ1n) is 11.4. The highest BCUT2D eigenvalue weighted by Gasteiger charge is 2.29. The summed E-state index contributed by atoms with van der Waals surface area (Å²) in [7, 11) is 0. The van der Waals surface area contributed by atoms with Gasteiger partial charge in [-0.3, -0.25) is 9.59 Å². The minimum atomic E-state index is -0.362. The zero-order chi connectivity index (χ0) is 24.2. The van der Waals surface area contributed by atoms with Crippen LogP contribution in [0.1, 0.15) is 50.2 Å². The Balaban J connectivity index is 1.20. The van der Waals surface area contributed by atoms with Crippen molar-refractivity contribution in [2.24, 2.45) is 0 Å². The van der Waals surface area contributed by atoms with E-state index < -0.39 is 0 Å². The zero-order valence-electron chi connectivity index (χ0n) is 18.8. The number of piperidine rings is 1. The van der Waals surface area contributed by atoms with Gasteiger partial charge in [-0.25, -0.2) is 4.39 Å². The van der Waals surface area contributed by atoms with E-state index in [-0.39, 0.29) is 23.5 Å². The molecule has 2 aromatic carbocycles. The normalized spacial score (nSPS) is 15.7. The summed E-state index contributed by atoms with van der Waals surface area (Å²) in [5.74, 6) is 0.187. The van der Waals surface area contributed by atoms with Gasteiger partial charge in [0.15, 0.2) is 0 Å². The van der Waals surface area contributed by atoms with Crippen LogP contribution in [0.3, 0.4) is 0 Å². The van der Waals surface area contributed by atoms with Gasteiger partial charge in [-0.05, 0) is 54.1 Å². The molecule has 0 aliphatic carbocycles. The first kappa shape index (κ1) is 22.9. The second-order valence-corrected chi connectivity index (χ2v) is 9.36. The van der Waals surface area contributed by atoms with E-state index in [0.29, 0.717) is 47.4 Å². The number of nitrogens with zero attached hydrogens (tertiary/aromatic N) is 3. The van der Waals surface area contributed by atoms with Crippen molar-refractivity contribution in [1.82, 2.24) is 20.4 Å². The summed E-state index contributed by atoms with van der Waals surface area (Å²) in [6.45, 7) is 1.52. The van der Waals surface area contributed by atoms with E-state index in [2.05, 4.69) is 15.5 Å². The molecule has 1 unspecified atom stereocenters. The molecular formula is C26H23FN4O3S. The number of amides is 2. The lowest BCUT2D eigenvalue weighted by Gasteiger charge is -2.31. The minimum absolute atomic E-state index is 0.0614. The molecule has 1 aliphatic heterocycles. The van der Waals surface area contributed by atoms with Gasteiger partial charge in [0, 0.05) is 30.8 Å². The van der Waals surface area contributed by atoms with Gasteiger partial charge in [-0.15, -0.1) is 11.3 Å². The lowest BCUT2D eigenvalue weighted by Crippen LogP contribution is -2.39. The SMILES string of the molecule is O=C(NCc1ccc(C(=O)N2CCCC(c3nc(-c4cccc(F)c4)no3)C2)cc1)c1cccs1. The van der Waals surface area contributed by atoms with E-state index in [9.17, 15) is 14.0 Å². The number of rotatable bonds is 6. The Morgan fingerprint density at radius 2 is 2.00 bits per heavy atom. The molecule has 1 fully saturated rings. The summed E-state index contributed by atoms with van der Waals surface area (Å²) in [5.41, 5.74) is 2.05. The third-order valence-electron chi connectivity index (χ3n) is 5.98. The second kappa shape index (κ2) is 10.2. The molecule has 0 bridgehead atoms. The van der Waals surface area contributed by atoms with Gasteiger partial charge in [0.1, 0.15) is 5.82 Å². The molecule has 1 N–H and O–H groups in total. The molecule has 35 heavy (non-hydrogen) atoms. The molecule has 0 spiro atoms. The smallest absolute Gasteiger partial charge is 0.261 e. The van der Waals surface area contributed by atoms with Crippen LogP contribution in [0.2, 0.25) is 0 Å². The minimum Gasteiger partial charge on any atom is -0.347 e. The van der Waals surface area contributed by atoms with Crippen LogP contribution in [0.15, 0.2) is 70.6 Å². The number of aromatic nitrogens is 2. The molecule has 1 aliphatic rings. The topological polar surface area (TPSA) is 88.3 Å². The highest BCUT2D eigenvalue weighted by molar-refractivity contribution is 7.12. The van der Waals surface area contributed by atoms with Crippen LogP contribution in [0, 0.1) is 5.82 Å². The van der Waals surface area contributed by atoms with Gasteiger partial charge in [0.25, 0.3) is 11.8 Å². The van der Waals surface area contributed by atoms with Crippen LogP contribution in [0.5, 0.6) is 0 Å². The number of hydrogen-bond donors (Lipinski definition) is 1. The molecule has 0 radical (unpaired) electrons. The number of halogens is 1. The average Bonchev–Trinajstić information content (AvgIpc) is 3.60. The van der Waals surface area contributed by atoms with Crippen molar-refractivity contribution < 1.29 is 18.5 Å². The van der Waals surface area contributed by atoms with E-state index >= 15 is 0 Å². The summed E-state index contributed by atoms with van der Waals surface area (Å²) in [6, 6.07) is 17.0. The Hall–Kier alpha value is -3.85. The van der Waals surface area contributed by atoms with Gasteiger partial charge in [-0.2, -0.15) is 4.98 Å². The lowest BCUT2D eigenvalue weighted by atomic mass is 9.97. The number of hydrogen-bond acceptors (Lipinski definition) is 6. The largest absolute Gasteiger partial charge is 0.347 e. The number of likely N-dealkylation sites (tertiary alicyclic amines) is 1. The van der Waals surface area contributed by atoms with Gasteiger partial charge in [-0.1, -0.05) is 35.5 Å². The summed E-state index contributed by atoms with van der Waals surface area (Å²) < 4.78 is 19.0. The summed E-state index contributed by atoms with van der Waals surface area (Å²) in [5, 5.41) is 8.75. The van der Waals surface area contributed by atoms with E-state index in [1.807, 2.05) is 23.6 Å². The molecule has 1 saturated heterocycles. The molecule has 9 heteroatoms. The second-order valence-electron chi connectivity index (χ2n) is 8.41. The van der Waals surface area contributed by atoms with Crippen molar-refractivity contribution in [3.63, 3.8) is 0 Å². The first-order chi connectivity index (χ1) is 17.1. The first-order valence-corrected chi connectivity index (χ1v) is 12.2. The van der Waals surface area contributed by atoms with Gasteiger partial charge < -0.3 is 14.7 Å². The van der Waals surface area contributed by atoms with Crippen LogP contribution in [-0.2, 0) is 6.54 Å². The van der Waals surface area contributed by atoms with E-state index in [1.54, 1.807) is 35.2 Å². The molecular weight excluding hydrogens is 467 g/mol. The Labute approximate surface area is 205 Å². The quantitative estimate of drug-likeness (QED) is 0.416. The van der Waals surface area contributed by atoms with E-state index in [0.717, 1.165) is 18.4 Å². The Morgan fingerprint density at radius 1 is 1.14 bits per heavy atom. The highest BCUT2D eigenvalue weighted by Crippen LogP contribution is 2.28. The molecule has 7 nitrogen and oxygen atoms in total. The number of benzene rings is 2. The third-order valence-corrected chi connectivity index (χ3v) is 6.85. The Morgan fingerprint density at radius 3 is 2.77 bits per heavy atom. The maximum Gasteiger partial charge on any atom is 0.261 e. The molecule has 4 aromatic rings. The number of carbonyl (C=O) groups excluding carboxylic acids is 2. The van der Waals surface area contributed by atoms with Crippen LogP contribution < -0.4 is 5.32 Å². The monoisotopic (exact) mass is 490 g/mol. The Bertz CT molecular complexity index is 1320. The van der Waals surface area contributed by atoms with Crippen LogP contribution in [0.25, 0.3) is 11.4 Å². The predicted molar refractivity (Wildman–Crippen MR) is 130 cm³/mol. The van der Waals surface area contributed by atoms with Gasteiger partial charge in [0.05, 0.1) is 10.8 Å². The van der Waals surface area contributed by atoms with Crippen molar-refractivity contribution in [1.29, 1.82) is 0 Å². The van der Waals surface area contributed by atoms with Crippen molar-refractivity contribution in [3.05, 3.63) is 93.8 Å². The predicted octanol–water partition coefficient (Wildman–Crippen LogP) is 4.89. The molecule has 2 aromatic heterocycles. The number of thiophene rings is 1. The van der Waals surface area contributed by atoms with Crippen LogP contribution >= 0.6 is 11.3 Å².